The Morgan fingerprint density at radius 1 is 1.25 bits per heavy atom. The monoisotopic (exact) mass is 333 g/mol. The lowest BCUT2D eigenvalue weighted by Crippen LogP contribution is -2.31. The topological polar surface area (TPSA) is 40.5 Å². The van der Waals surface area contributed by atoms with E-state index in [0.717, 1.165) is 10.0 Å². The lowest BCUT2D eigenvalue weighted by atomic mass is 10.1. The van der Waals surface area contributed by atoms with Gasteiger partial charge < -0.3 is 10.0 Å². The van der Waals surface area contributed by atoms with Crippen molar-refractivity contribution in [2.45, 2.75) is 13.8 Å². The molecule has 0 heterocycles. The smallest absolute Gasteiger partial charge is 0.258 e. The summed E-state index contributed by atoms with van der Waals surface area (Å²) in [5.74, 6) is 0.0874. The summed E-state index contributed by atoms with van der Waals surface area (Å²) in [6.07, 6.45) is 0. The van der Waals surface area contributed by atoms with Crippen molar-refractivity contribution in [1.29, 1.82) is 0 Å². The summed E-state index contributed by atoms with van der Waals surface area (Å²) in [4.78, 5) is 14.3. The summed E-state index contributed by atoms with van der Waals surface area (Å²) in [7, 11) is 0. The molecular weight excluding hydrogens is 318 g/mol. The molecule has 4 heteroatoms. The second-order valence-corrected chi connectivity index (χ2v) is 5.44. The van der Waals surface area contributed by atoms with Crippen LogP contribution in [0, 0.1) is 6.92 Å². The molecule has 1 amide bonds. The van der Waals surface area contributed by atoms with Gasteiger partial charge >= 0.3 is 0 Å². The quantitative estimate of drug-likeness (QED) is 0.917. The van der Waals surface area contributed by atoms with Gasteiger partial charge in [0.15, 0.2) is 0 Å². The molecule has 0 bridgehead atoms. The summed E-state index contributed by atoms with van der Waals surface area (Å²) in [5.41, 5.74) is 2.28. The average molecular weight is 334 g/mol. The number of carbonyl (C=O) groups excluding carboxylic acids is 1. The third-order valence-electron chi connectivity index (χ3n) is 3.12. The second kappa shape index (κ2) is 6.09. The molecule has 3 nitrogen and oxygen atoms in total. The minimum atomic E-state index is -0.0666. The molecular formula is C16H16BrNO2. The zero-order chi connectivity index (χ0) is 14.7. The number of nitrogens with zero attached hydrogens (tertiary/aromatic N) is 1. The largest absolute Gasteiger partial charge is 0.508 e. The predicted molar refractivity (Wildman–Crippen MR) is 84.3 cm³/mol. The minimum Gasteiger partial charge on any atom is -0.508 e. The molecule has 0 aliphatic rings. The third-order valence-corrected chi connectivity index (χ3v) is 3.61. The van der Waals surface area contributed by atoms with Crippen LogP contribution in [0.5, 0.6) is 5.75 Å². The number of phenolic OH excluding ortho intramolecular Hbond substituents is 1. The Morgan fingerprint density at radius 2 is 2.00 bits per heavy atom. The van der Waals surface area contributed by atoms with Crippen LogP contribution in [0.1, 0.15) is 22.8 Å². The maximum atomic E-state index is 12.6. The molecule has 0 fully saturated rings. The number of aryl methyl sites for hydroxylation is 1. The maximum Gasteiger partial charge on any atom is 0.258 e. The number of hydrogen-bond acceptors (Lipinski definition) is 2. The van der Waals surface area contributed by atoms with E-state index >= 15 is 0 Å². The van der Waals surface area contributed by atoms with E-state index in [1.807, 2.05) is 38.1 Å². The van der Waals surface area contributed by atoms with Crippen molar-refractivity contribution in [3.8, 4) is 5.75 Å². The summed E-state index contributed by atoms with van der Waals surface area (Å²) in [6.45, 7) is 4.36. The van der Waals surface area contributed by atoms with E-state index < -0.39 is 0 Å². The van der Waals surface area contributed by atoms with E-state index in [1.165, 1.54) is 0 Å². The third kappa shape index (κ3) is 3.02. The van der Waals surface area contributed by atoms with Gasteiger partial charge in [-0.2, -0.15) is 0 Å². The van der Waals surface area contributed by atoms with Crippen LogP contribution in [0.4, 0.5) is 5.69 Å². The van der Waals surface area contributed by atoms with Crippen molar-refractivity contribution in [3.05, 3.63) is 58.1 Å². The fraction of sp³-hybridized carbons (Fsp3) is 0.188. The first-order valence-corrected chi connectivity index (χ1v) is 7.19. The Hall–Kier alpha value is -1.81. The lowest BCUT2D eigenvalue weighted by Gasteiger charge is -2.22. The Bertz CT molecular complexity index is 640. The van der Waals surface area contributed by atoms with Gasteiger partial charge in [0.25, 0.3) is 5.91 Å². The highest BCUT2D eigenvalue weighted by molar-refractivity contribution is 9.10. The number of carbonyl (C=O) groups is 1. The first-order chi connectivity index (χ1) is 9.52. The van der Waals surface area contributed by atoms with Gasteiger partial charge in [0.05, 0.1) is 0 Å². The molecule has 2 aromatic carbocycles. The van der Waals surface area contributed by atoms with Gasteiger partial charge in [-0.25, -0.2) is 0 Å². The van der Waals surface area contributed by atoms with Gasteiger partial charge in [-0.3, -0.25) is 4.79 Å². The van der Waals surface area contributed by atoms with Gasteiger partial charge in [-0.05, 0) is 49.7 Å². The summed E-state index contributed by atoms with van der Waals surface area (Å²) < 4.78 is 0.951. The number of anilines is 1. The van der Waals surface area contributed by atoms with E-state index in [1.54, 1.807) is 23.1 Å². The molecule has 0 aliphatic heterocycles. The van der Waals surface area contributed by atoms with Gasteiger partial charge in [0.1, 0.15) is 5.75 Å². The average Bonchev–Trinajstić information content (AvgIpc) is 2.39. The van der Waals surface area contributed by atoms with E-state index in [2.05, 4.69) is 15.9 Å². The van der Waals surface area contributed by atoms with Crippen molar-refractivity contribution in [1.82, 2.24) is 0 Å². The van der Waals surface area contributed by atoms with E-state index in [4.69, 9.17) is 0 Å². The molecule has 0 unspecified atom stereocenters. The zero-order valence-corrected chi connectivity index (χ0v) is 13.0. The van der Waals surface area contributed by atoms with Gasteiger partial charge in [-0.15, -0.1) is 0 Å². The van der Waals surface area contributed by atoms with Crippen LogP contribution in [0.25, 0.3) is 0 Å². The molecule has 0 saturated heterocycles. The molecule has 104 valence electrons. The molecule has 0 spiro atoms. The van der Waals surface area contributed by atoms with Crippen molar-refractivity contribution in [2.75, 3.05) is 11.4 Å². The fourth-order valence-corrected chi connectivity index (χ4v) is 2.59. The van der Waals surface area contributed by atoms with Gasteiger partial charge in [0.2, 0.25) is 0 Å². The van der Waals surface area contributed by atoms with Crippen LogP contribution in [-0.2, 0) is 0 Å². The van der Waals surface area contributed by atoms with Gasteiger partial charge in [0, 0.05) is 28.3 Å². The van der Waals surface area contributed by atoms with Crippen LogP contribution in [0.3, 0.4) is 0 Å². The van der Waals surface area contributed by atoms with Crippen LogP contribution in [0.2, 0.25) is 0 Å². The molecule has 1 N–H and O–H groups in total. The summed E-state index contributed by atoms with van der Waals surface area (Å²) in [5, 5.41) is 9.56. The summed E-state index contributed by atoms with van der Waals surface area (Å²) >= 11 is 3.40. The van der Waals surface area contributed by atoms with Crippen LogP contribution in [0.15, 0.2) is 46.9 Å². The van der Waals surface area contributed by atoms with Crippen molar-refractivity contribution >= 4 is 27.5 Å². The van der Waals surface area contributed by atoms with E-state index in [-0.39, 0.29) is 11.7 Å². The first kappa shape index (κ1) is 14.6. The molecule has 0 saturated carbocycles. The highest BCUT2D eigenvalue weighted by Gasteiger charge is 2.18. The SMILES string of the molecule is CCN(C(=O)c1ccc(Br)cc1C)c1cccc(O)c1. The van der Waals surface area contributed by atoms with Crippen LogP contribution < -0.4 is 4.90 Å². The Morgan fingerprint density at radius 3 is 2.60 bits per heavy atom. The van der Waals surface area contributed by atoms with Crippen molar-refractivity contribution in [3.63, 3.8) is 0 Å². The van der Waals surface area contributed by atoms with Crippen LogP contribution in [-0.4, -0.2) is 17.6 Å². The maximum absolute atomic E-state index is 12.6. The van der Waals surface area contributed by atoms with Gasteiger partial charge in [-0.1, -0.05) is 22.0 Å². The minimum absolute atomic E-state index is 0.0666. The highest BCUT2D eigenvalue weighted by Crippen LogP contribution is 2.24. The number of rotatable bonds is 3. The number of aromatic hydroxyl groups is 1. The number of amides is 1. The molecule has 0 radical (unpaired) electrons. The Balaban J connectivity index is 2.39. The molecule has 0 aromatic heterocycles. The Labute approximate surface area is 127 Å². The Kier molecular flexibility index (Phi) is 4.45. The standard InChI is InChI=1S/C16H16BrNO2/c1-3-18(13-5-4-6-14(19)10-13)16(20)15-8-7-12(17)9-11(15)2/h4-10,19H,3H2,1-2H3. The van der Waals surface area contributed by atoms with E-state index in [0.29, 0.717) is 17.8 Å². The fourth-order valence-electron chi connectivity index (χ4n) is 2.12. The number of hydrogen-bond donors (Lipinski definition) is 1. The molecule has 20 heavy (non-hydrogen) atoms. The van der Waals surface area contributed by atoms with Crippen molar-refractivity contribution < 1.29 is 9.90 Å². The molecule has 0 aliphatic carbocycles. The van der Waals surface area contributed by atoms with Crippen LogP contribution >= 0.6 is 15.9 Å². The van der Waals surface area contributed by atoms with Crippen molar-refractivity contribution in [2.24, 2.45) is 0 Å². The number of halogens is 1. The normalized spacial score (nSPS) is 10.3. The first-order valence-electron chi connectivity index (χ1n) is 6.40. The predicted octanol–water partition coefficient (Wildman–Crippen LogP) is 4.13. The molecule has 2 aromatic rings. The summed E-state index contributed by atoms with van der Waals surface area (Å²) in [6, 6.07) is 12.3. The van der Waals surface area contributed by atoms with E-state index in [9.17, 15) is 9.90 Å². The highest BCUT2D eigenvalue weighted by atomic mass is 79.9. The zero-order valence-electron chi connectivity index (χ0n) is 11.4. The lowest BCUT2D eigenvalue weighted by molar-refractivity contribution is 0.0987. The number of benzene rings is 2. The molecule has 0 atom stereocenters. The molecule has 2 rings (SSSR count). The second-order valence-electron chi connectivity index (χ2n) is 4.53. The number of phenols is 1.